The van der Waals surface area contributed by atoms with Crippen LogP contribution in [0.15, 0.2) is 53.0 Å². The molecule has 7 nitrogen and oxygen atoms in total. The largest absolute Gasteiger partial charge is 0.468 e. The van der Waals surface area contributed by atoms with Crippen LogP contribution in [0.1, 0.15) is 18.3 Å². The number of thioether (sulfide) groups is 2. The van der Waals surface area contributed by atoms with Gasteiger partial charge in [-0.05, 0) is 31.2 Å². The summed E-state index contributed by atoms with van der Waals surface area (Å²) in [6.07, 6.45) is -1.32. The van der Waals surface area contributed by atoms with Crippen molar-refractivity contribution in [2.75, 3.05) is 7.11 Å². The molecule has 158 valence electrons. The van der Waals surface area contributed by atoms with Crippen LogP contribution in [-0.4, -0.2) is 43.1 Å². The number of rotatable bonds is 7. The van der Waals surface area contributed by atoms with Gasteiger partial charge in [0.15, 0.2) is 10.3 Å². The Morgan fingerprint density at radius 3 is 2.60 bits per heavy atom. The van der Waals surface area contributed by atoms with E-state index in [-0.39, 0.29) is 16.6 Å². The highest BCUT2D eigenvalue weighted by Gasteiger charge is 2.31. The number of halogens is 3. The molecule has 0 saturated carbocycles. The topological polar surface area (TPSA) is 82.8 Å². The van der Waals surface area contributed by atoms with E-state index in [1.54, 1.807) is 25.4 Å². The van der Waals surface area contributed by atoms with Crippen molar-refractivity contribution in [2.45, 2.75) is 34.4 Å². The first kappa shape index (κ1) is 22.1. The van der Waals surface area contributed by atoms with Gasteiger partial charge in [-0.1, -0.05) is 29.6 Å². The predicted molar refractivity (Wildman–Crippen MR) is 105 cm³/mol. The van der Waals surface area contributed by atoms with E-state index >= 15 is 0 Å². The van der Waals surface area contributed by atoms with Crippen LogP contribution in [0.25, 0.3) is 5.69 Å². The zero-order chi connectivity index (χ0) is 21.7. The molecule has 0 amide bonds. The van der Waals surface area contributed by atoms with Gasteiger partial charge >= 0.3 is 12.1 Å². The molecule has 0 aliphatic heterocycles. The highest BCUT2D eigenvalue weighted by atomic mass is 32.2. The molecule has 0 fully saturated rings. The van der Waals surface area contributed by atoms with Crippen LogP contribution in [0.4, 0.5) is 13.2 Å². The van der Waals surface area contributed by atoms with Crippen LogP contribution >= 0.6 is 23.5 Å². The third kappa shape index (κ3) is 5.30. The first-order chi connectivity index (χ1) is 14.3. The Hall–Kier alpha value is -2.60. The Labute approximate surface area is 178 Å². The lowest BCUT2D eigenvalue weighted by Gasteiger charge is -2.14. The summed E-state index contributed by atoms with van der Waals surface area (Å²) in [7, 11) is 1.26. The predicted octanol–water partition coefficient (Wildman–Crippen LogP) is 4.02. The molecule has 1 atom stereocenters. The summed E-state index contributed by atoms with van der Waals surface area (Å²) >= 11 is 2.31. The van der Waals surface area contributed by atoms with E-state index in [0.29, 0.717) is 11.0 Å². The Balaban J connectivity index is 1.98. The van der Waals surface area contributed by atoms with Gasteiger partial charge in [0, 0.05) is 12.4 Å². The number of aromatic nitrogens is 5. The van der Waals surface area contributed by atoms with Gasteiger partial charge in [0.2, 0.25) is 0 Å². The zero-order valence-corrected chi connectivity index (χ0v) is 17.5. The number of hydrogen-bond acceptors (Lipinski definition) is 8. The highest BCUT2D eigenvalue weighted by molar-refractivity contribution is 8.00. The lowest BCUT2D eigenvalue weighted by Crippen LogP contribution is -2.16. The molecule has 0 radical (unpaired) electrons. The van der Waals surface area contributed by atoms with Gasteiger partial charge in [-0.25, -0.2) is 9.97 Å². The van der Waals surface area contributed by atoms with Gasteiger partial charge < -0.3 is 4.74 Å². The summed E-state index contributed by atoms with van der Waals surface area (Å²) in [5.74, 6) is 0.180. The molecule has 0 saturated heterocycles. The monoisotopic (exact) mass is 455 g/mol. The molecule has 12 heteroatoms. The molecule has 0 spiro atoms. The fourth-order valence-electron chi connectivity index (χ4n) is 2.41. The van der Waals surface area contributed by atoms with E-state index < -0.39 is 23.0 Å². The minimum atomic E-state index is -4.50. The van der Waals surface area contributed by atoms with Crippen LogP contribution in [-0.2, 0) is 21.5 Å². The number of methoxy groups -OCH3 is 1. The Morgan fingerprint density at radius 2 is 1.93 bits per heavy atom. The Morgan fingerprint density at radius 1 is 1.20 bits per heavy atom. The van der Waals surface area contributed by atoms with Gasteiger partial charge in [0.1, 0.15) is 11.1 Å². The van der Waals surface area contributed by atoms with Crippen LogP contribution < -0.4 is 0 Å². The lowest BCUT2D eigenvalue weighted by atomic mass is 10.2. The van der Waals surface area contributed by atoms with Gasteiger partial charge in [-0.2, -0.15) is 13.2 Å². The molecular weight excluding hydrogens is 439 g/mol. The third-order valence-electron chi connectivity index (χ3n) is 3.82. The molecule has 0 N–H and O–H groups in total. The molecule has 2 heterocycles. The normalized spacial score (nSPS) is 12.6. The van der Waals surface area contributed by atoms with Crippen LogP contribution in [0.3, 0.4) is 0 Å². The molecule has 30 heavy (non-hydrogen) atoms. The number of alkyl halides is 3. The summed E-state index contributed by atoms with van der Waals surface area (Å²) in [6.45, 7) is 1.62. The van der Waals surface area contributed by atoms with Crippen molar-refractivity contribution in [3.05, 3.63) is 54.1 Å². The second kappa shape index (κ2) is 9.47. The average molecular weight is 455 g/mol. The minimum Gasteiger partial charge on any atom is -0.468 e. The van der Waals surface area contributed by atoms with E-state index in [4.69, 9.17) is 4.74 Å². The van der Waals surface area contributed by atoms with E-state index in [2.05, 4.69) is 20.2 Å². The lowest BCUT2D eigenvalue weighted by molar-refractivity contribution is -0.139. The van der Waals surface area contributed by atoms with Crippen LogP contribution in [0.2, 0.25) is 0 Å². The van der Waals surface area contributed by atoms with Crippen LogP contribution in [0, 0.1) is 0 Å². The van der Waals surface area contributed by atoms with E-state index in [0.717, 1.165) is 23.9 Å². The molecule has 2 aromatic heterocycles. The fourth-order valence-corrected chi connectivity index (χ4v) is 4.04. The summed E-state index contributed by atoms with van der Waals surface area (Å²) < 4.78 is 45.9. The minimum absolute atomic E-state index is 0.235. The first-order valence-electron chi connectivity index (χ1n) is 8.56. The number of esters is 1. The number of benzene rings is 1. The second-order valence-electron chi connectivity index (χ2n) is 5.89. The average Bonchev–Trinajstić information content (AvgIpc) is 3.14. The second-order valence-corrected chi connectivity index (χ2v) is 8.14. The van der Waals surface area contributed by atoms with E-state index in [9.17, 15) is 18.0 Å². The van der Waals surface area contributed by atoms with Crippen molar-refractivity contribution in [1.29, 1.82) is 0 Å². The van der Waals surface area contributed by atoms with Crippen molar-refractivity contribution < 1.29 is 22.7 Å². The van der Waals surface area contributed by atoms with Gasteiger partial charge in [-0.15, -0.1) is 10.2 Å². The van der Waals surface area contributed by atoms with Crippen molar-refractivity contribution in [3.63, 3.8) is 0 Å². The molecule has 0 aliphatic carbocycles. The van der Waals surface area contributed by atoms with Gasteiger partial charge in [-0.3, -0.25) is 9.36 Å². The SMILES string of the molecule is COC(=O)C(C)Sc1nnc(CSc2ncccn2)n1-c1cccc(C(F)(F)F)c1. The number of ether oxygens (including phenoxy) is 1. The highest BCUT2D eigenvalue weighted by Crippen LogP contribution is 2.33. The molecule has 0 bridgehead atoms. The van der Waals surface area contributed by atoms with Crippen molar-refractivity contribution in [3.8, 4) is 5.69 Å². The zero-order valence-electron chi connectivity index (χ0n) is 15.8. The number of hydrogen-bond donors (Lipinski definition) is 0. The van der Waals surface area contributed by atoms with Gasteiger partial charge in [0.25, 0.3) is 0 Å². The smallest absolute Gasteiger partial charge is 0.416 e. The van der Waals surface area contributed by atoms with Crippen molar-refractivity contribution in [2.24, 2.45) is 0 Å². The molecule has 3 aromatic rings. The number of carbonyl (C=O) groups is 1. The Bertz CT molecular complexity index is 1010. The first-order valence-corrected chi connectivity index (χ1v) is 10.4. The maximum Gasteiger partial charge on any atom is 0.416 e. The molecule has 3 rings (SSSR count). The third-order valence-corrected chi connectivity index (χ3v) is 5.71. The standard InChI is InChI=1S/C18H16F3N5O2S2/c1-11(15(27)28-2)30-17-25-24-14(10-29-16-22-7-4-8-23-16)26(17)13-6-3-5-12(9-13)18(19,20)21/h3-9,11H,10H2,1-2H3. The van der Waals surface area contributed by atoms with Crippen molar-refractivity contribution in [1.82, 2.24) is 24.7 Å². The molecular formula is C18H16F3N5O2S2. The van der Waals surface area contributed by atoms with E-state index in [1.807, 2.05) is 0 Å². The fraction of sp³-hybridized carbons (Fsp3) is 0.278. The number of carbonyl (C=O) groups excluding carboxylic acids is 1. The molecule has 0 aliphatic rings. The molecule has 1 unspecified atom stereocenters. The summed E-state index contributed by atoms with van der Waals surface area (Å²) in [5, 5.41) is 8.35. The van der Waals surface area contributed by atoms with Crippen LogP contribution in [0.5, 0.6) is 0 Å². The summed E-state index contributed by atoms with van der Waals surface area (Å²) in [4.78, 5) is 20.0. The quantitative estimate of drug-likeness (QED) is 0.300. The van der Waals surface area contributed by atoms with Gasteiger partial charge in [0.05, 0.1) is 24.1 Å². The summed E-state index contributed by atoms with van der Waals surface area (Å²) in [6, 6.07) is 6.53. The molecule has 1 aromatic carbocycles. The maximum absolute atomic E-state index is 13.2. The summed E-state index contributed by atoms with van der Waals surface area (Å²) in [5.41, 5.74) is -0.561. The maximum atomic E-state index is 13.2. The Kier molecular flexibility index (Phi) is 6.98. The van der Waals surface area contributed by atoms with Crippen molar-refractivity contribution >= 4 is 29.5 Å². The van der Waals surface area contributed by atoms with E-state index in [1.165, 1.54) is 35.6 Å². The number of nitrogens with zero attached hydrogens (tertiary/aromatic N) is 5.